The molecule has 20 heavy (non-hydrogen) atoms. The number of nitrogens with zero attached hydrogens (tertiary/aromatic N) is 2. The largest absolute Gasteiger partial charge is 0.463 e. The van der Waals surface area contributed by atoms with Gasteiger partial charge in [-0.05, 0) is 11.5 Å². The molecule has 0 radical (unpaired) electrons. The molecule has 0 bridgehead atoms. The van der Waals surface area contributed by atoms with Crippen LogP contribution >= 0.6 is 0 Å². The molecule has 4 nitrogen and oxygen atoms in total. The highest BCUT2D eigenvalue weighted by Gasteiger charge is 2.45. The summed E-state index contributed by atoms with van der Waals surface area (Å²) in [5, 5.41) is 0. The first-order valence-electron chi connectivity index (χ1n) is 7.18. The molecular weight excluding hydrogens is 252 g/mol. The summed E-state index contributed by atoms with van der Waals surface area (Å²) >= 11 is 0. The van der Waals surface area contributed by atoms with Gasteiger partial charge in [0.25, 0.3) is 6.02 Å². The van der Waals surface area contributed by atoms with Gasteiger partial charge in [0.1, 0.15) is 6.61 Å². The fourth-order valence-corrected chi connectivity index (χ4v) is 2.89. The second-order valence-corrected chi connectivity index (χ2v) is 5.89. The van der Waals surface area contributed by atoms with Crippen LogP contribution in [0.4, 0.5) is 0 Å². The quantitative estimate of drug-likeness (QED) is 0.830. The second-order valence-electron chi connectivity index (χ2n) is 5.89. The molecule has 0 saturated carbocycles. The standard InChI is InChI=1S/C16H20N2O2/c1-10(2)13-9-20-16-17-14(11(3)15(19)18(13)16)12-7-5-4-6-8-12/h4-8,10-11,13-14H,9H2,1-3H3/t11-,13-,14-/m1/s1. The van der Waals surface area contributed by atoms with Gasteiger partial charge < -0.3 is 4.74 Å². The topological polar surface area (TPSA) is 41.9 Å². The third-order valence-electron chi connectivity index (χ3n) is 4.18. The van der Waals surface area contributed by atoms with Gasteiger partial charge in [0, 0.05) is 0 Å². The molecule has 1 saturated heterocycles. The maximum Gasteiger partial charge on any atom is 0.295 e. The van der Waals surface area contributed by atoms with Crippen molar-refractivity contribution in [1.82, 2.24) is 4.90 Å². The van der Waals surface area contributed by atoms with Crippen LogP contribution in [0.3, 0.4) is 0 Å². The van der Waals surface area contributed by atoms with Crippen LogP contribution in [0, 0.1) is 11.8 Å². The van der Waals surface area contributed by atoms with Crippen molar-refractivity contribution in [2.75, 3.05) is 6.61 Å². The van der Waals surface area contributed by atoms with E-state index in [1.54, 1.807) is 4.90 Å². The Morgan fingerprint density at radius 1 is 1.30 bits per heavy atom. The van der Waals surface area contributed by atoms with Crippen molar-refractivity contribution >= 4 is 11.9 Å². The summed E-state index contributed by atoms with van der Waals surface area (Å²) in [6.45, 7) is 6.73. The summed E-state index contributed by atoms with van der Waals surface area (Å²) < 4.78 is 5.66. The minimum atomic E-state index is -0.149. The van der Waals surface area contributed by atoms with Crippen LogP contribution in [-0.4, -0.2) is 29.5 Å². The number of carbonyl (C=O) groups excluding carboxylic acids is 1. The minimum absolute atomic E-state index is 0.112. The second kappa shape index (κ2) is 4.93. The molecule has 0 aromatic heterocycles. The Bertz CT molecular complexity index is 539. The molecule has 0 aliphatic carbocycles. The normalized spacial score (nSPS) is 29.2. The lowest BCUT2D eigenvalue weighted by molar-refractivity contribution is -0.134. The number of carbonyl (C=O) groups is 1. The van der Waals surface area contributed by atoms with Crippen LogP contribution < -0.4 is 0 Å². The zero-order valence-corrected chi connectivity index (χ0v) is 12.1. The summed E-state index contributed by atoms with van der Waals surface area (Å²) in [6.07, 6.45) is 0. The molecule has 2 aliphatic heterocycles. The van der Waals surface area contributed by atoms with Crippen molar-refractivity contribution in [2.45, 2.75) is 32.9 Å². The predicted octanol–water partition coefficient (Wildman–Crippen LogP) is 2.62. The van der Waals surface area contributed by atoms with E-state index in [0.29, 0.717) is 18.5 Å². The molecule has 3 atom stereocenters. The van der Waals surface area contributed by atoms with Gasteiger partial charge in [0.2, 0.25) is 5.91 Å². The SMILES string of the molecule is CC(C)[C@H]1COC2=N[C@@H](c3ccccc3)[C@@H](C)C(=O)N21. The average Bonchev–Trinajstić information content (AvgIpc) is 2.88. The van der Waals surface area contributed by atoms with Crippen LogP contribution in [0.25, 0.3) is 0 Å². The van der Waals surface area contributed by atoms with Gasteiger partial charge in [-0.3, -0.25) is 9.69 Å². The number of amides is 1. The molecular formula is C16H20N2O2. The number of hydrogen-bond donors (Lipinski definition) is 0. The smallest absolute Gasteiger partial charge is 0.295 e. The molecule has 3 rings (SSSR count). The van der Waals surface area contributed by atoms with E-state index < -0.39 is 0 Å². The van der Waals surface area contributed by atoms with Crippen molar-refractivity contribution < 1.29 is 9.53 Å². The molecule has 0 unspecified atom stereocenters. The molecule has 1 aromatic carbocycles. The molecule has 0 N–H and O–H groups in total. The number of fused-ring (bicyclic) bond motifs is 1. The maximum absolute atomic E-state index is 12.7. The number of hydrogen-bond acceptors (Lipinski definition) is 3. The molecule has 2 aliphatic rings. The van der Waals surface area contributed by atoms with Crippen molar-refractivity contribution in [2.24, 2.45) is 16.8 Å². The molecule has 0 spiro atoms. The van der Waals surface area contributed by atoms with Gasteiger partial charge >= 0.3 is 0 Å². The Balaban J connectivity index is 1.97. The fourth-order valence-electron chi connectivity index (χ4n) is 2.89. The third kappa shape index (κ3) is 1.99. The van der Waals surface area contributed by atoms with Crippen LogP contribution in [0.15, 0.2) is 35.3 Å². The van der Waals surface area contributed by atoms with Crippen molar-refractivity contribution in [1.29, 1.82) is 0 Å². The van der Waals surface area contributed by atoms with Gasteiger partial charge in [-0.1, -0.05) is 51.1 Å². The third-order valence-corrected chi connectivity index (χ3v) is 4.18. The first kappa shape index (κ1) is 13.2. The molecule has 106 valence electrons. The Morgan fingerprint density at radius 3 is 2.65 bits per heavy atom. The highest BCUT2D eigenvalue weighted by atomic mass is 16.5. The zero-order chi connectivity index (χ0) is 14.3. The Labute approximate surface area is 119 Å². The summed E-state index contributed by atoms with van der Waals surface area (Å²) in [4.78, 5) is 19.1. The first-order chi connectivity index (χ1) is 9.59. The van der Waals surface area contributed by atoms with E-state index in [9.17, 15) is 4.79 Å². The molecule has 1 fully saturated rings. The van der Waals surface area contributed by atoms with Crippen molar-refractivity contribution in [3.63, 3.8) is 0 Å². The van der Waals surface area contributed by atoms with E-state index in [1.807, 2.05) is 37.3 Å². The fraction of sp³-hybridized carbons (Fsp3) is 0.500. The van der Waals surface area contributed by atoms with Crippen molar-refractivity contribution in [3.05, 3.63) is 35.9 Å². The van der Waals surface area contributed by atoms with Gasteiger partial charge in [-0.15, -0.1) is 0 Å². The molecule has 1 amide bonds. The van der Waals surface area contributed by atoms with E-state index in [0.717, 1.165) is 5.56 Å². The lowest BCUT2D eigenvalue weighted by Crippen LogP contribution is -2.48. The van der Waals surface area contributed by atoms with Crippen LogP contribution in [0.5, 0.6) is 0 Å². The van der Waals surface area contributed by atoms with E-state index in [1.165, 1.54) is 0 Å². The summed E-state index contributed by atoms with van der Waals surface area (Å²) in [5.41, 5.74) is 1.07. The van der Waals surface area contributed by atoms with Gasteiger partial charge in [-0.25, -0.2) is 4.99 Å². The van der Waals surface area contributed by atoms with Crippen LogP contribution in [0.1, 0.15) is 32.4 Å². The highest BCUT2D eigenvalue weighted by molar-refractivity contribution is 5.99. The Morgan fingerprint density at radius 2 is 2.00 bits per heavy atom. The summed E-state index contributed by atoms with van der Waals surface area (Å²) in [6, 6.07) is 10.4. The first-order valence-corrected chi connectivity index (χ1v) is 7.18. The molecule has 2 heterocycles. The van der Waals surface area contributed by atoms with E-state index in [4.69, 9.17) is 4.74 Å². The summed E-state index contributed by atoms with van der Waals surface area (Å²) in [7, 11) is 0. The van der Waals surface area contributed by atoms with Crippen LogP contribution in [0.2, 0.25) is 0 Å². The highest BCUT2D eigenvalue weighted by Crippen LogP contribution is 2.35. The molecule has 1 aromatic rings. The lowest BCUT2D eigenvalue weighted by Gasteiger charge is -2.33. The van der Waals surface area contributed by atoms with Crippen molar-refractivity contribution in [3.8, 4) is 0 Å². The number of ether oxygens (including phenoxy) is 1. The van der Waals surface area contributed by atoms with Gasteiger partial charge in [0.05, 0.1) is 18.0 Å². The maximum atomic E-state index is 12.7. The Hall–Kier alpha value is -1.84. The zero-order valence-electron chi connectivity index (χ0n) is 12.1. The van der Waals surface area contributed by atoms with Gasteiger partial charge in [-0.2, -0.15) is 0 Å². The van der Waals surface area contributed by atoms with E-state index in [-0.39, 0.29) is 23.9 Å². The lowest BCUT2D eigenvalue weighted by atomic mass is 9.91. The molecule has 4 heteroatoms. The number of amidine groups is 1. The predicted molar refractivity (Wildman–Crippen MR) is 77.2 cm³/mol. The minimum Gasteiger partial charge on any atom is -0.463 e. The number of aliphatic imine (C=N–C) groups is 1. The Kier molecular flexibility index (Phi) is 3.24. The monoisotopic (exact) mass is 272 g/mol. The summed E-state index contributed by atoms with van der Waals surface area (Å²) in [5.74, 6) is 0.344. The number of benzene rings is 1. The number of rotatable bonds is 2. The van der Waals surface area contributed by atoms with E-state index >= 15 is 0 Å². The van der Waals surface area contributed by atoms with E-state index in [2.05, 4.69) is 18.8 Å². The van der Waals surface area contributed by atoms with Crippen LogP contribution in [-0.2, 0) is 9.53 Å². The van der Waals surface area contributed by atoms with Gasteiger partial charge in [0.15, 0.2) is 0 Å². The average molecular weight is 272 g/mol.